The van der Waals surface area contributed by atoms with E-state index in [4.69, 9.17) is 9.47 Å². The highest BCUT2D eigenvalue weighted by Crippen LogP contribution is 2.28. The third-order valence-corrected chi connectivity index (χ3v) is 5.01. The summed E-state index contributed by atoms with van der Waals surface area (Å²) in [5.41, 5.74) is 3.92. The zero-order valence-corrected chi connectivity index (χ0v) is 18.9. The summed E-state index contributed by atoms with van der Waals surface area (Å²) in [6, 6.07) is 17.7. The van der Waals surface area contributed by atoms with Gasteiger partial charge in [-0.2, -0.15) is 0 Å². The van der Waals surface area contributed by atoms with Crippen LogP contribution in [0.2, 0.25) is 0 Å². The Labute approximate surface area is 188 Å². The van der Waals surface area contributed by atoms with E-state index in [9.17, 15) is 9.59 Å². The molecule has 7 nitrogen and oxygen atoms in total. The van der Waals surface area contributed by atoms with Crippen LogP contribution in [0.1, 0.15) is 26.3 Å². The number of rotatable bonds is 7. The molecule has 0 saturated heterocycles. The monoisotopic (exact) mass is 433 g/mol. The average molecular weight is 434 g/mol. The fourth-order valence-corrected chi connectivity index (χ4v) is 3.13. The lowest BCUT2D eigenvalue weighted by Crippen LogP contribution is -2.16. The molecule has 32 heavy (non-hydrogen) atoms. The van der Waals surface area contributed by atoms with Crippen LogP contribution >= 0.6 is 0 Å². The van der Waals surface area contributed by atoms with Gasteiger partial charge in [0.2, 0.25) is 0 Å². The molecule has 0 spiro atoms. The van der Waals surface area contributed by atoms with E-state index in [0.29, 0.717) is 34.0 Å². The Morgan fingerprint density at radius 3 is 2.12 bits per heavy atom. The lowest BCUT2D eigenvalue weighted by Gasteiger charge is -2.15. The molecule has 0 heterocycles. The highest BCUT2D eigenvalue weighted by molar-refractivity contribution is 6.08. The largest absolute Gasteiger partial charge is 0.493 e. The summed E-state index contributed by atoms with van der Waals surface area (Å²) in [6.07, 6.45) is 0. The topological polar surface area (TPSA) is 79.9 Å². The van der Waals surface area contributed by atoms with Crippen molar-refractivity contribution in [2.24, 2.45) is 0 Å². The number of carbonyl (C=O) groups is 2. The second-order valence-corrected chi connectivity index (χ2v) is 7.45. The van der Waals surface area contributed by atoms with Crippen LogP contribution in [0.5, 0.6) is 11.5 Å². The van der Waals surface area contributed by atoms with Crippen LogP contribution < -0.4 is 25.0 Å². The number of amides is 2. The van der Waals surface area contributed by atoms with E-state index in [1.165, 1.54) is 14.2 Å². The van der Waals surface area contributed by atoms with Gasteiger partial charge < -0.3 is 25.0 Å². The van der Waals surface area contributed by atoms with Crippen LogP contribution in [-0.4, -0.2) is 40.1 Å². The van der Waals surface area contributed by atoms with E-state index < -0.39 is 0 Å². The normalized spacial score (nSPS) is 10.3. The van der Waals surface area contributed by atoms with Crippen molar-refractivity contribution in [3.8, 4) is 11.5 Å². The van der Waals surface area contributed by atoms with Crippen molar-refractivity contribution in [1.29, 1.82) is 0 Å². The fraction of sp³-hybridized carbons (Fsp3) is 0.200. The SMILES string of the molecule is COc1ccc(C(=O)Nc2cc(C(=O)Nc3cccc(N(C)C)c3)ccc2C)cc1OC. The van der Waals surface area contributed by atoms with Gasteiger partial charge in [-0.3, -0.25) is 9.59 Å². The smallest absolute Gasteiger partial charge is 0.255 e. The Morgan fingerprint density at radius 1 is 0.781 bits per heavy atom. The zero-order chi connectivity index (χ0) is 23.3. The van der Waals surface area contributed by atoms with Gasteiger partial charge in [0, 0.05) is 42.3 Å². The molecular weight excluding hydrogens is 406 g/mol. The molecule has 0 aliphatic rings. The molecule has 0 atom stereocenters. The quantitative estimate of drug-likeness (QED) is 0.570. The van der Waals surface area contributed by atoms with Crippen molar-refractivity contribution in [3.63, 3.8) is 0 Å². The van der Waals surface area contributed by atoms with Crippen molar-refractivity contribution >= 4 is 28.9 Å². The van der Waals surface area contributed by atoms with E-state index in [0.717, 1.165) is 11.3 Å². The van der Waals surface area contributed by atoms with Gasteiger partial charge in [-0.25, -0.2) is 0 Å². The maximum atomic E-state index is 12.8. The zero-order valence-electron chi connectivity index (χ0n) is 18.9. The Morgan fingerprint density at radius 2 is 1.44 bits per heavy atom. The van der Waals surface area contributed by atoms with Gasteiger partial charge in [-0.05, 0) is 61.0 Å². The minimum atomic E-state index is -0.315. The highest BCUT2D eigenvalue weighted by Gasteiger charge is 2.14. The fourth-order valence-electron chi connectivity index (χ4n) is 3.13. The van der Waals surface area contributed by atoms with E-state index in [1.807, 2.05) is 50.2 Å². The summed E-state index contributed by atoms with van der Waals surface area (Å²) in [4.78, 5) is 27.6. The molecule has 3 aromatic rings. The first-order valence-electron chi connectivity index (χ1n) is 10.0. The molecule has 7 heteroatoms. The summed E-state index contributed by atoms with van der Waals surface area (Å²) in [6.45, 7) is 1.87. The first kappa shape index (κ1) is 22.7. The molecule has 166 valence electrons. The number of nitrogens with one attached hydrogen (secondary N) is 2. The molecule has 0 radical (unpaired) electrons. The maximum Gasteiger partial charge on any atom is 0.255 e. The number of methoxy groups -OCH3 is 2. The molecule has 2 N–H and O–H groups in total. The number of hydrogen-bond acceptors (Lipinski definition) is 5. The van der Waals surface area contributed by atoms with Crippen LogP contribution in [0.25, 0.3) is 0 Å². The number of aryl methyl sites for hydroxylation is 1. The number of ether oxygens (including phenoxy) is 2. The molecule has 3 rings (SSSR count). The van der Waals surface area contributed by atoms with Gasteiger partial charge >= 0.3 is 0 Å². The summed E-state index contributed by atoms with van der Waals surface area (Å²) < 4.78 is 10.5. The van der Waals surface area contributed by atoms with Crippen LogP contribution in [0.4, 0.5) is 17.1 Å². The molecule has 0 bridgehead atoms. The van der Waals surface area contributed by atoms with E-state index in [1.54, 1.807) is 36.4 Å². The van der Waals surface area contributed by atoms with Gasteiger partial charge in [-0.1, -0.05) is 12.1 Å². The molecule has 0 aliphatic heterocycles. The van der Waals surface area contributed by atoms with Gasteiger partial charge in [0.15, 0.2) is 11.5 Å². The molecule has 2 amide bonds. The highest BCUT2D eigenvalue weighted by atomic mass is 16.5. The molecular formula is C25H27N3O4. The summed E-state index contributed by atoms with van der Waals surface area (Å²) >= 11 is 0. The average Bonchev–Trinajstić information content (AvgIpc) is 2.79. The molecule has 0 fully saturated rings. The number of carbonyl (C=O) groups excluding carboxylic acids is 2. The van der Waals surface area contributed by atoms with Crippen LogP contribution in [0, 0.1) is 6.92 Å². The van der Waals surface area contributed by atoms with Gasteiger partial charge in [0.05, 0.1) is 14.2 Å². The summed E-state index contributed by atoms with van der Waals surface area (Å²) in [5.74, 6) is 0.426. The second kappa shape index (κ2) is 9.87. The van der Waals surface area contributed by atoms with E-state index in [2.05, 4.69) is 10.6 Å². The van der Waals surface area contributed by atoms with Gasteiger partial charge in [-0.15, -0.1) is 0 Å². The van der Waals surface area contributed by atoms with Gasteiger partial charge in [0.1, 0.15) is 0 Å². The Balaban J connectivity index is 1.79. The predicted molar refractivity (Wildman–Crippen MR) is 127 cm³/mol. The third-order valence-electron chi connectivity index (χ3n) is 5.01. The van der Waals surface area contributed by atoms with E-state index >= 15 is 0 Å². The van der Waals surface area contributed by atoms with Crippen molar-refractivity contribution in [2.75, 3.05) is 43.8 Å². The van der Waals surface area contributed by atoms with Crippen molar-refractivity contribution in [3.05, 3.63) is 77.4 Å². The molecule has 3 aromatic carbocycles. The Hall–Kier alpha value is -4.00. The summed E-state index contributed by atoms with van der Waals surface area (Å²) in [5, 5.41) is 5.78. The Kier molecular flexibility index (Phi) is 7.00. The lowest BCUT2D eigenvalue weighted by molar-refractivity contribution is 0.101. The standard InChI is InChI=1S/C25H27N3O4/c1-16-9-10-17(24(29)26-19-7-6-8-20(15-19)28(2)3)13-21(16)27-25(30)18-11-12-22(31-4)23(14-18)32-5/h6-15H,1-5H3,(H,26,29)(H,27,30). The number of benzene rings is 3. The van der Waals surface area contributed by atoms with Gasteiger partial charge in [0.25, 0.3) is 11.8 Å². The van der Waals surface area contributed by atoms with Crippen LogP contribution in [0.3, 0.4) is 0 Å². The summed E-state index contributed by atoms with van der Waals surface area (Å²) in [7, 11) is 6.93. The molecule has 0 unspecified atom stereocenters. The number of hydrogen-bond donors (Lipinski definition) is 2. The third kappa shape index (κ3) is 5.18. The first-order valence-corrected chi connectivity index (χ1v) is 10.0. The minimum absolute atomic E-state index is 0.262. The second-order valence-electron chi connectivity index (χ2n) is 7.45. The minimum Gasteiger partial charge on any atom is -0.493 e. The van der Waals surface area contributed by atoms with Crippen molar-refractivity contribution < 1.29 is 19.1 Å². The Bertz CT molecular complexity index is 1140. The van der Waals surface area contributed by atoms with Crippen molar-refractivity contribution in [1.82, 2.24) is 0 Å². The number of nitrogens with zero attached hydrogens (tertiary/aromatic N) is 1. The lowest BCUT2D eigenvalue weighted by atomic mass is 10.1. The molecule has 0 aliphatic carbocycles. The maximum absolute atomic E-state index is 12.8. The van der Waals surface area contributed by atoms with Crippen LogP contribution in [0.15, 0.2) is 60.7 Å². The molecule has 0 aromatic heterocycles. The van der Waals surface area contributed by atoms with Crippen molar-refractivity contribution in [2.45, 2.75) is 6.92 Å². The first-order chi connectivity index (χ1) is 15.3. The molecule has 0 saturated carbocycles. The van der Waals surface area contributed by atoms with E-state index in [-0.39, 0.29) is 11.8 Å². The van der Waals surface area contributed by atoms with Crippen LogP contribution in [-0.2, 0) is 0 Å². The predicted octanol–water partition coefficient (Wildman–Crippen LogP) is 4.58. The number of anilines is 3.